The molecule has 0 aliphatic carbocycles. The molecule has 198 valence electrons. The summed E-state index contributed by atoms with van der Waals surface area (Å²) in [5, 5.41) is 0. The molecule has 0 saturated carbocycles. The van der Waals surface area contributed by atoms with Crippen molar-refractivity contribution in [1.29, 1.82) is 0 Å². The standard InChI is InChI=1S/C33H42O4/c1-6-7-8-12-29(37-30-22-17-27(18-23-30)32(34)35-5)21-16-26-11-9-10-13-31(26)36-24-25-14-19-28(20-15-25)33(2,3)4/h9-11,13-15,17-20,22-23,29H,6-8,12,16,21,24H2,1-5H3. The van der Waals surface area contributed by atoms with E-state index in [4.69, 9.17) is 14.2 Å². The molecule has 3 aromatic rings. The summed E-state index contributed by atoms with van der Waals surface area (Å²) in [5.41, 5.74) is 4.35. The van der Waals surface area contributed by atoms with Crippen LogP contribution in [0.2, 0.25) is 0 Å². The molecule has 37 heavy (non-hydrogen) atoms. The summed E-state index contributed by atoms with van der Waals surface area (Å²) in [6.45, 7) is 9.44. The van der Waals surface area contributed by atoms with Gasteiger partial charge in [0.05, 0.1) is 18.8 Å². The molecule has 0 aliphatic rings. The first-order valence-corrected chi connectivity index (χ1v) is 13.4. The van der Waals surface area contributed by atoms with Crippen molar-refractivity contribution in [2.24, 2.45) is 0 Å². The van der Waals surface area contributed by atoms with Crippen molar-refractivity contribution < 1.29 is 19.0 Å². The van der Waals surface area contributed by atoms with Crippen molar-refractivity contribution in [1.82, 2.24) is 0 Å². The van der Waals surface area contributed by atoms with E-state index >= 15 is 0 Å². The first-order chi connectivity index (χ1) is 17.8. The Balaban J connectivity index is 1.63. The van der Waals surface area contributed by atoms with Gasteiger partial charge in [-0.25, -0.2) is 4.79 Å². The fraction of sp³-hybridized carbons (Fsp3) is 0.424. The highest BCUT2D eigenvalue weighted by Crippen LogP contribution is 2.26. The predicted molar refractivity (Wildman–Crippen MR) is 151 cm³/mol. The maximum atomic E-state index is 11.7. The SMILES string of the molecule is CCCCCC(CCc1ccccc1OCc1ccc(C(C)(C)C)cc1)Oc1ccc(C(=O)OC)cc1. The zero-order valence-electron chi connectivity index (χ0n) is 23.1. The minimum absolute atomic E-state index is 0.0912. The minimum Gasteiger partial charge on any atom is -0.490 e. The number of aryl methyl sites for hydroxylation is 1. The number of carbonyl (C=O) groups excluding carboxylic acids is 1. The van der Waals surface area contributed by atoms with E-state index in [1.165, 1.54) is 36.6 Å². The number of para-hydroxylation sites is 1. The van der Waals surface area contributed by atoms with Gasteiger partial charge in [0.25, 0.3) is 0 Å². The van der Waals surface area contributed by atoms with Gasteiger partial charge in [0, 0.05) is 0 Å². The molecule has 0 bridgehead atoms. The van der Waals surface area contributed by atoms with Gasteiger partial charge < -0.3 is 14.2 Å². The van der Waals surface area contributed by atoms with Gasteiger partial charge in [-0.15, -0.1) is 0 Å². The molecule has 0 spiro atoms. The molecule has 4 heteroatoms. The Hall–Kier alpha value is -3.27. The minimum atomic E-state index is -0.340. The summed E-state index contributed by atoms with van der Waals surface area (Å²) >= 11 is 0. The Morgan fingerprint density at radius 2 is 1.57 bits per heavy atom. The van der Waals surface area contributed by atoms with Gasteiger partial charge in [-0.1, -0.05) is 83.0 Å². The van der Waals surface area contributed by atoms with Crippen molar-refractivity contribution >= 4 is 5.97 Å². The van der Waals surface area contributed by atoms with Crippen LogP contribution in [0.4, 0.5) is 0 Å². The molecule has 0 radical (unpaired) electrons. The molecule has 3 aromatic carbocycles. The monoisotopic (exact) mass is 502 g/mol. The third kappa shape index (κ3) is 8.96. The van der Waals surface area contributed by atoms with E-state index in [9.17, 15) is 4.79 Å². The molecule has 0 aliphatic heterocycles. The lowest BCUT2D eigenvalue weighted by molar-refractivity contribution is 0.0600. The van der Waals surface area contributed by atoms with E-state index < -0.39 is 0 Å². The average molecular weight is 503 g/mol. The number of unbranched alkanes of at least 4 members (excludes halogenated alkanes) is 2. The second-order valence-corrected chi connectivity index (χ2v) is 10.6. The molecule has 3 rings (SSSR count). The third-order valence-electron chi connectivity index (χ3n) is 6.63. The van der Waals surface area contributed by atoms with Crippen LogP contribution in [0.5, 0.6) is 11.5 Å². The quantitative estimate of drug-likeness (QED) is 0.174. The van der Waals surface area contributed by atoms with Crippen molar-refractivity contribution in [2.45, 2.75) is 84.3 Å². The maximum Gasteiger partial charge on any atom is 0.337 e. The number of carbonyl (C=O) groups is 1. The van der Waals surface area contributed by atoms with Crippen LogP contribution >= 0.6 is 0 Å². The average Bonchev–Trinajstić information content (AvgIpc) is 2.90. The van der Waals surface area contributed by atoms with Crippen LogP contribution in [-0.4, -0.2) is 19.2 Å². The molecule has 4 nitrogen and oxygen atoms in total. The van der Waals surface area contributed by atoms with Crippen LogP contribution in [0, 0.1) is 0 Å². The lowest BCUT2D eigenvalue weighted by Crippen LogP contribution is -2.18. The van der Waals surface area contributed by atoms with Crippen LogP contribution in [0.25, 0.3) is 0 Å². The van der Waals surface area contributed by atoms with Gasteiger partial charge in [0.15, 0.2) is 0 Å². The number of methoxy groups -OCH3 is 1. The Morgan fingerprint density at radius 1 is 0.865 bits per heavy atom. The van der Waals surface area contributed by atoms with Gasteiger partial charge in [-0.05, 0) is 78.1 Å². The van der Waals surface area contributed by atoms with E-state index in [2.05, 4.69) is 70.2 Å². The number of hydrogen-bond acceptors (Lipinski definition) is 4. The Labute approximate surface area is 223 Å². The van der Waals surface area contributed by atoms with Crippen molar-refractivity contribution in [3.05, 3.63) is 95.1 Å². The van der Waals surface area contributed by atoms with Gasteiger partial charge in [0.2, 0.25) is 0 Å². The zero-order valence-corrected chi connectivity index (χ0v) is 23.1. The number of esters is 1. The lowest BCUT2D eigenvalue weighted by Gasteiger charge is -2.21. The molecule has 0 aromatic heterocycles. The largest absolute Gasteiger partial charge is 0.490 e. The lowest BCUT2D eigenvalue weighted by atomic mass is 9.87. The van der Waals surface area contributed by atoms with Gasteiger partial charge >= 0.3 is 5.97 Å². The Morgan fingerprint density at radius 3 is 2.22 bits per heavy atom. The van der Waals surface area contributed by atoms with E-state index in [1.54, 1.807) is 12.1 Å². The normalized spacial score (nSPS) is 12.1. The predicted octanol–water partition coefficient (Wildman–Crippen LogP) is 8.31. The van der Waals surface area contributed by atoms with Gasteiger partial charge in [-0.2, -0.15) is 0 Å². The summed E-state index contributed by atoms with van der Waals surface area (Å²) in [5.74, 6) is 1.36. The molecule has 0 amide bonds. The molecular formula is C33H42O4. The number of rotatable bonds is 13. The molecule has 0 fully saturated rings. The molecule has 1 atom stereocenters. The smallest absolute Gasteiger partial charge is 0.337 e. The number of benzene rings is 3. The van der Waals surface area contributed by atoms with Crippen molar-refractivity contribution in [2.75, 3.05) is 7.11 Å². The van der Waals surface area contributed by atoms with Gasteiger partial charge in [-0.3, -0.25) is 0 Å². The first kappa shape index (κ1) is 28.3. The maximum absolute atomic E-state index is 11.7. The van der Waals surface area contributed by atoms with Crippen LogP contribution in [-0.2, 0) is 23.2 Å². The van der Waals surface area contributed by atoms with Gasteiger partial charge in [0.1, 0.15) is 18.1 Å². The second kappa shape index (κ2) is 13.9. The number of hydrogen-bond donors (Lipinski definition) is 0. The highest BCUT2D eigenvalue weighted by atomic mass is 16.5. The molecule has 0 N–H and O–H groups in total. The van der Waals surface area contributed by atoms with E-state index in [0.717, 1.165) is 37.2 Å². The summed E-state index contributed by atoms with van der Waals surface area (Å²) in [6.07, 6.45) is 6.34. The summed E-state index contributed by atoms with van der Waals surface area (Å²) in [6, 6.07) is 24.2. The topological polar surface area (TPSA) is 44.8 Å². The molecule has 0 heterocycles. The molecule has 0 saturated heterocycles. The summed E-state index contributed by atoms with van der Waals surface area (Å²) < 4.78 is 17.4. The van der Waals surface area contributed by atoms with Crippen LogP contribution < -0.4 is 9.47 Å². The fourth-order valence-corrected chi connectivity index (χ4v) is 4.29. The number of ether oxygens (including phenoxy) is 3. The van der Waals surface area contributed by atoms with Crippen molar-refractivity contribution in [3.8, 4) is 11.5 Å². The highest BCUT2D eigenvalue weighted by molar-refractivity contribution is 5.89. The fourth-order valence-electron chi connectivity index (χ4n) is 4.29. The summed E-state index contributed by atoms with van der Waals surface area (Å²) in [7, 11) is 1.39. The Kier molecular flexibility index (Phi) is 10.6. The third-order valence-corrected chi connectivity index (χ3v) is 6.63. The van der Waals surface area contributed by atoms with Crippen LogP contribution in [0.15, 0.2) is 72.8 Å². The van der Waals surface area contributed by atoms with Crippen LogP contribution in [0.3, 0.4) is 0 Å². The van der Waals surface area contributed by atoms with E-state index in [0.29, 0.717) is 12.2 Å². The van der Waals surface area contributed by atoms with Crippen LogP contribution in [0.1, 0.15) is 86.8 Å². The molecule has 1 unspecified atom stereocenters. The van der Waals surface area contributed by atoms with E-state index in [-0.39, 0.29) is 17.5 Å². The molecular weight excluding hydrogens is 460 g/mol. The van der Waals surface area contributed by atoms with E-state index in [1.807, 2.05) is 18.2 Å². The zero-order chi connectivity index (χ0) is 26.7. The summed E-state index contributed by atoms with van der Waals surface area (Å²) in [4.78, 5) is 11.7. The Bertz CT molecular complexity index is 1090. The highest BCUT2D eigenvalue weighted by Gasteiger charge is 2.15. The van der Waals surface area contributed by atoms with Crippen molar-refractivity contribution in [3.63, 3.8) is 0 Å². The second-order valence-electron chi connectivity index (χ2n) is 10.6. The first-order valence-electron chi connectivity index (χ1n) is 13.4.